The highest BCUT2D eigenvalue weighted by atomic mass is 79.9. The van der Waals surface area contributed by atoms with Gasteiger partial charge in [0.25, 0.3) is 0 Å². The molecule has 1 aliphatic carbocycles. The number of fused-ring (bicyclic) bond motifs is 1. The third-order valence-electron chi connectivity index (χ3n) is 4.63. The van der Waals surface area contributed by atoms with Gasteiger partial charge in [-0.3, -0.25) is 0 Å². The van der Waals surface area contributed by atoms with Crippen molar-refractivity contribution in [3.05, 3.63) is 27.7 Å². The first-order chi connectivity index (χ1) is 9.74. The van der Waals surface area contributed by atoms with Crippen molar-refractivity contribution in [2.24, 2.45) is 5.92 Å². The van der Waals surface area contributed by atoms with Crippen molar-refractivity contribution in [2.45, 2.75) is 56.7 Å². The van der Waals surface area contributed by atoms with E-state index in [1.807, 2.05) is 0 Å². The van der Waals surface area contributed by atoms with Crippen LogP contribution in [0.3, 0.4) is 0 Å². The lowest BCUT2D eigenvalue weighted by molar-refractivity contribution is 0.350. The standard InChI is InChI=1S/C17H22BrClO/c18-14-10-13-7-8-20-17(13)15(11-14)16(19)9-12-5-3-1-2-4-6-12/h10-12,16H,1-9H2. The summed E-state index contributed by atoms with van der Waals surface area (Å²) >= 11 is 10.4. The summed E-state index contributed by atoms with van der Waals surface area (Å²) in [6.07, 6.45) is 10.4. The molecular formula is C17H22BrClO. The van der Waals surface area contributed by atoms with Crippen LogP contribution in [-0.2, 0) is 6.42 Å². The van der Waals surface area contributed by atoms with Crippen LogP contribution in [0.1, 0.15) is 61.4 Å². The molecule has 0 bridgehead atoms. The summed E-state index contributed by atoms with van der Waals surface area (Å²) in [6.45, 7) is 0.797. The van der Waals surface area contributed by atoms with Gasteiger partial charge in [0, 0.05) is 16.5 Å². The number of rotatable bonds is 3. The first-order valence-electron chi connectivity index (χ1n) is 7.83. The topological polar surface area (TPSA) is 9.23 Å². The van der Waals surface area contributed by atoms with E-state index in [2.05, 4.69) is 28.1 Å². The Bertz CT molecular complexity index is 466. The van der Waals surface area contributed by atoms with E-state index in [0.29, 0.717) is 0 Å². The van der Waals surface area contributed by atoms with Crippen molar-refractivity contribution in [1.29, 1.82) is 0 Å². The second kappa shape index (κ2) is 6.70. The maximum Gasteiger partial charge on any atom is 0.127 e. The Morgan fingerprint density at radius 2 is 1.95 bits per heavy atom. The average molecular weight is 358 g/mol. The van der Waals surface area contributed by atoms with Crippen molar-refractivity contribution in [1.82, 2.24) is 0 Å². The van der Waals surface area contributed by atoms with Crippen molar-refractivity contribution in [2.75, 3.05) is 6.61 Å². The Labute approximate surface area is 135 Å². The smallest absolute Gasteiger partial charge is 0.127 e. The summed E-state index contributed by atoms with van der Waals surface area (Å²) in [7, 11) is 0. The van der Waals surface area contributed by atoms with Gasteiger partial charge >= 0.3 is 0 Å². The summed E-state index contributed by atoms with van der Waals surface area (Å²) in [4.78, 5) is 0. The normalized spacial score (nSPS) is 21.1. The minimum atomic E-state index is 0.0856. The van der Waals surface area contributed by atoms with E-state index in [0.717, 1.165) is 35.6 Å². The Hall–Kier alpha value is -0.210. The molecule has 1 nitrogen and oxygen atoms in total. The fourth-order valence-electron chi connectivity index (χ4n) is 3.55. The van der Waals surface area contributed by atoms with E-state index in [9.17, 15) is 0 Å². The lowest BCUT2D eigenvalue weighted by Crippen LogP contribution is -2.04. The summed E-state index contributed by atoms with van der Waals surface area (Å²) in [5, 5.41) is 0.0856. The molecule has 110 valence electrons. The number of benzene rings is 1. The molecule has 1 aromatic rings. The Kier molecular flexibility index (Phi) is 4.93. The number of hydrogen-bond acceptors (Lipinski definition) is 1. The highest BCUT2D eigenvalue weighted by Gasteiger charge is 2.24. The quantitative estimate of drug-likeness (QED) is 0.474. The minimum Gasteiger partial charge on any atom is -0.493 e. The molecule has 3 heteroatoms. The van der Waals surface area contributed by atoms with Crippen molar-refractivity contribution in [3.8, 4) is 5.75 Å². The van der Waals surface area contributed by atoms with Crippen molar-refractivity contribution in [3.63, 3.8) is 0 Å². The average Bonchev–Trinajstić information content (AvgIpc) is 2.74. The lowest BCUT2D eigenvalue weighted by atomic mass is 9.91. The molecule has 1 aliphatic heterocycles. The van der Waals surface area contributed by atoms with Crippen molar-refractivity contribution < 1.29 is 4.74 Å². The highest BCUT2D eigenvalue weighted by Crippen LogP contribution is 2.42. The van der Waals surface area contributed by atoms with Crippen LogP contribution in [0.5, 0.6) is 5.75 Å². The third-order valence-corrected chi connectivity index (χ3v) is 5.50. The number of halogens is 2. The molecule has 1 saturated carbocycles. The summed E-state index contributed by atoms with van der Waals surface area (Å²) in [6, 6.07) is 4.32. The van der Waals surface area contributed by atoms with Gasteiger partial charge in [0.1, 0.15) is 5.75 Å². The molecule has 20 heavy (non-hydrogen) atoms. The van der Waals surface area contributed by atoms with Gasteiger partial charge in [0.15, 0.2) is 0 Å². The van der Waals surface area contributed by atoms with Gasteiger partial charge in [-0.1, -0.05) is 54.5 Å². The Morgan fingerprint density at radius 3 is 2.70 bits per heavy atom. The van der Waals surface area contributed by atoms with Crippen LogP contribution < -0.4 is 4.74 Å². The van der Waals surface area contributed by atoms with E-state index >= 15 is 0 Å². The van der Waals surface area contributed by atoms with Gasteiger partial charge in [-0.05, 0) is 30.0 Å². The number of hydrogen-bond donors (Lipinski definition) is 0. The summed E-state index contributed by atoms with van der Waals surface area (Å²) in [5.41, 5.74) is 2.50. The zero-order valence-corrected chi connectivity index (χ0v) is 14.2. The Balaban J connectivity index is 1.75. The van der Waals surface area contributed by atoms with E-state index in [-0.39, 0.29) is 5.38 Å². The molecule has 0 radical (unpaired) electrons. The molecule has 0 saturated heterocycles. The van der Waals surface area contributed by atoms with E-state index in [1.165, 1.54) is 49.7 Å². The number of alkyl halides is 1. The molecule has 1 heterocycles. The Morgan fingerprint density at radius 1 is 1.20 bits per heavy atom. The molecule has 0 amide bonds. The zero-order valence-electron chi connectivity index (χ0n) is 11.8. The van der Waals surface area contributed by atoms with Gasteiger partial charge < -0.3 is 4.74 Å². The number of ether oxygens (including phenoxy) is 1. The third kappa shape index (κ3) is 3.33. The molecule has 1 aromatic carbocycles. The van der Waals surface area contributed by atoms with Crippen LogP contribution in [0.25, 0.3) is 0 Å². The fraction of sp³-hybridized carbons (Fsp3) is 0.647. The first-order valence-corrected chi connectivity index (χ1v) is 9.06. The molecule has 1 unspecified atom stereocenters. The molecule has 3 rings (SSSR count). The molecule has 0 N–H and O–H groups in total. The van der Waals surface area contributed by atoms with Gasteiger partial charge in [-0.15, -0.1) is 11.6 Å². The van der Waals surface area contributed by atoms with Crippen molar-refractivity contribution >= 4 is 27.5 Å². The van der Waals surface area contributed by atoms with Crippen LogP contribution >= 0.6 is 27.5 Å². The molecule has 2 aliphatic rings. The second-order valence-electron chi connectivity index (χ2n) is 6.14. The van der Waals surface area contributed by atoms with Gasteiger partial charge in [-0.25, -0.2) is 0 Å². The molecule has 1 fully saturated rings. The maximum absolute atomic E-state index is 6.75. The van der Waals surface area contributed by atoms with Crippen LogP contribution in [0.2, 0.25) is 0 Å². The molecule has 0 aromatic heterocycles. The monoisotopic (exact) mass is 356 g/mol. The lowest BCUT2D eigenvalue weighted by Gasteiger charge is -2.20. The molecular weight excluding hydrogens is 336 g/mol. The van der Waals surface area contributed by atoms with Gasteiger partial charge in [0.05, 0.1) is 12.0 Å². The molecule has 0 spiro atoms. The van der Waals surface area contributed by atoms with Crippen LogP contribution in [0, 0.1) is 5.92 Å². The SMILES string of the molecule is ClC(CC1CCCCCC1)c1cc(Br)cc2c1OCC2. The maximum atomic E-state index is 6.75. The summed E-state index contributed by atoms with van der Waals surface area (Å²) < 4.78 is 6.94. The van der Waals surface area contributed by atoms with Crippen LogP contribution in [0.15, 0.2) is 16.6 Å². The van der Waals surface area contributed by atoms with E-state index < -0.39 is 0 Å². The predicted molar refractivity (Wildman–Crippen MR) is 87.7 cm³/mol. The summed E-state index contributed by atoms with van der Waals surface area (Å²) in [5.74, 6) is 1.85. The molecule has 1 atom stereocenters. The van der Waals surface area contributed by atoms with Gasteiger partial charge in [-0.2, -0.15) is 0 Å². The van der Waals surface area contributed by atoms with Crippen LogP contribution in [-0.4, -0.2) is 6.61 Å². The largest absolute Gasteiger partial charge is 0.493 e. The van der Waals surface area contributed by atoms with E-state index in [1.54, 1.807) is 0 Å². The first kappa shape index (κ1) is 14.7. The van der Waals surface area contributed by atoms with Gasteiger partial charge in [0.2, 0.25) is 0 Å². The second-order valence-corrected chi connectivity index (χ2v) is 7.59. The van der Waals surface area contributed by atoms with E-state index in [4.69, 9.17) is 16.3 Å². The minimum absolute atomic E-state index is 0.0856. The zero-order chi connectivity index (χ0) is 13.9. The highest BCUT2D eigenvalue weighted by molar-refractivity contribution is 9.10. The predicted octanol–water partition coefficient (Wildman–Crippen LogP) is 6.02. The fourth-order valence-corrected chi connectivity index (χ4v) is 4.49. The van der Waals surface area contributed by atoms with Crippen LogP contribution in [0.4, 0.5) is 0 Å².